The Balaban J connectivity index is 1.44. The van der Waals surface area contributed by atoms with Crippen molar-refractivity contribution in [1.82, 2.24) is 9.55 Å². The predicted octanol–water partition coefficient (Wildman–Crippen LogP) is 5.95. The maximum atomic E-state index is 13.7. The number of thiazole rings is 1. The molecule has 0 atom stereocenters. The molecule has 3 heterocycles. The molecule has 0 radical (unpaired) electrons. The number of carbonyl (C=O) groups excluding carboxylic acids is 1. The van der Waals surface area contributed by atoms with Crippen LogP contribution in [0.15, 0.2) is 70.7 Å². The highest BCUT2D eigenvalue weighted by atomic mass is 32.1. The van der Waals surface area contributed by atoms with Crippen LogP contribution in [0.2, 0.25) is 0 Å². The van der Waals surface area contributed by atoms with E-state index in [0.717, 1.165) is 0 Å². The maximum absolute atomic E-state index is 13.7. The smallest absolute Gasteiger partial charge is 0.274 e. The number of nitrogens with one attached hydrogen (secondary N) is 1. The minimum Gasteiger partial charge on any atom is -0.496 e. The van der Waals surface area contributed by atoms with Gasteiger partial charge in [-0.2, -0.15) is 0 Å². The van der Waals surface area contributed by atoms with E-state index in [1.807, 2.05) is 0 Å². The molecule has 33 heavy (non-hydrogen) atoms. The summed E-state index contributed by atoms with van der Waals surface area (Å²) in [6, 6.07) is 13.8. The van der Waals surface area contributed by atoms with E-state index in [0.29, 0.717) is 44.5 Å². The third-order valence-electron chi connectivity index (χ3n) is 5.15. The van der Waals surface area contributed by atoms with E-state index in [2.05, 4.69) is 10.3 Å². The van der Waals surface area contributed by atoms with Crippen molar-refractivity contribution in [2.24, 2.45) is 0 Å². The van der Waals surface area contributed by atoms with Gasteiger partial charge in [-0.25, -0.2) is 13.8 Å². The summed E-state index contributed by atoms with van der Waals surface area (Å²) >= 11 is 1.21. The van der Waals surface area contributed by atoms with Crippen LogP contribution < -0.4 is 10.1 Å². The molecule has 0 saturated carbocycles. The monoisotopic (exact) mass is 465 g/mol. The molecule has 5 aromatic rings. The zero-order valence-corrected chi connectivity index (χ0v) is 18.2. The standard InChI is InChI=1S/C24H17F2N3O3S/c1-31-21-6-5-16(26)10-17(21)18-13-33-24(27-18)28-23(30)20-11-22-19(7-8-32-22)29(20)12-14-3-2-4-15(25)9-14/h2-11,13H,12H2,1H3,(H,27,28,30). The number of methoxy groups -OCH3 is 1. The number of benzene rings is 2. The number of nitrogens with zero attached hydrogens (tertiary/aromatic N) is 2. The molecule has 3 aromatic heterocycles. The van der Waals surface area contributed by atoms with Crippen LogP contribution in [-0.2, 0) is 6.54 Å². The number of anilines is 1. The molecule has 2 aromatic carbocycles. The van der Waals surface area contributed by atoms with Crippen LogP contribution in [0.25, 0.3) is 22.4 Å². The van der Waals surface area contributed by atoms with Crippen molar-refractivity contribution in [2.45, 2.75) is 6.54 Å². The first-order valence-electron chi connectivity index (χ1n) is 9.94. The lowest BCUT2D eigenvalue weighted by Gasteiger charge is -2.10. The van der Waals surface area contributed by atoms with E-state index in [1.54, 1.807) is 34.2 Å². The van der Waals surface area contributed by atoms with Crippen LogP contribution in [0.3, 0.4) is 0 Å². The fourth-order valence-electron chi connectivity index (χ4n) is 3.65. The molecular formula is C24H17F2N3O3S. The SMILES string of the molecule is COc1ccc(F)cc1-c1csc(NC(=O)c2cc3occc3n2Cc2cccc(F)c2)n1. The van der Waals surface area contributed by atoms with Gasteiger partial charge in [-0.15, -0.1) is 11.3 Å². The number of fused-ring (bicyclic) bond motifs is 1. The molecule has 9 heteroatoms. The fraction of sp³-hybridized carbons (Fsp3) is 0.0833. The fourth-order valence-corrected chi connectivity index (χ4v) is 4.36. The molecular weight excluding hydrogens is 448 g/mol. The van der Waals surface area contributed by atoms with Crippen molar-refractivity contribution in [2.75, 3.05) is 12.4 Å². The van der Waals surface area contributed by atoms with E-state index in [-0.39, 0.29) is 12.4 Å². The maximum Gasteiger partial charge on any atom is 0.274 e. The lowest BCUT2D eigenvalue weighted by molar-refractivity contribution is 0.101. The number of carbonyl (C=O) groups is 1. The summed E-state index contributed by atoms with van der Waals surface area (Å²) in [5, 5.41) is 4.84. The molecule has 1 N–H and O–H groups in total. The second-order valence-electron chi connectivity index (χ2n) is 7.25. The highest BCUT2D eigenvalue weighted by molar-refractivity contribution is 7.14. The largest absolute Gasteiger partial charge is 0.496 e. The van der Waals surface area contributed by atoms with Gasteiger partial charge in [0, 0.05) is 29.6 Å². The lowest BCUT2D eigenvalue weighted by Crippen LogP contribution is -2.17. The summed E-state index contributed by atoms with van der Waals surface area (Å²) in [6.45, 7) is 0.285. The number of ether oxygens (including phenoxy) is 1. The van der Waals surface area contributed by atoms with Crippen molar-refractivity contribution in [1.29, 1.82) is 0 Å². The minimum atomic E-state index is -0.415. The second kappa shape index (κ2) is 8.51. The predicted molar refractivity (Wildman–Crippen MR) is 122 cm³/mol. The average Bonchev–Trinajstić information content (AvgIpc) is 3.51. The molecule has 0 spiro atoms. The summed E-state index contributed by atoms with van der Waals surface area (Å²) in [4.78, 5) is 17.5. The molecule has 0 aliphatic carbocycles. The van der Waals surface area contributed by atoms with Crippen LogP contribution in [0, 0.1) is 11.6 Å². The molecule has 0 unspecified atom stereocenters. The van der Waals surface area contributed by atoms with Gasteiger partial charge in [-0.05, 0) is 35.9 Å². The van der Waals surface area contributed by atoms with Crippen LogP contribution in [0.5, 0.6) is 5.75 Å². The van der Waals surface area contributed by atoms with Crippen LogP contribution in [0.1, 0.15) is 16.1 Å². The number of hydrogen-bond acceptors (Lipinski definition) is 5. The number of rotatable bonds is 6. The van der Waals surface area contributed by atoms with Gasteiger partial charge in [0.15, 0.2) is 10.7 Å². The topological polar surface area (TPSA) is 69.3 Å². The van der Waals surface area contributed by atoms with E-state index in [4.69, 9.17) is 9.15 Å². The van der Waals surface area contributed by atoms with Crippen molar-refractivity contribution in [3.05, 3.63) is 89.1 Å². The van der Waals surface area contributed by atoms with Crippen molar-refractivity contribution in [3.8, 4) is 17.0 Å². The molecule has 0 aliphatic heterocycles. The first-order valence-corrected chi connectivity index (χ1v) is 10.8. The Hall–Kier alpha value is -3.98. The number of furan rings is 1. The van der Waals surface area contributed by atoms with Gasteiger partial charge in [-0.3, -0.25) is 10.1 Å². The van der Waals surface area contributed by atoms with Crippen molar-refractivity contribution < 1.29 is 22.7 Å². The van der Waals surface area contributed by atoms with Crippen LogP contribution in [-0.4, -0.2) is 22.6 Å². The van der Waals surface area contributed by atoms with Crippen LogP contribution in [0.4, 0.5) is 13.9 Å². The molecule has 5 rings (SSSR count). The first kappa shape index (κ1) is 20.9. The summed E-state index contributed by atoms with van der Waals surface area (Å²) < 4.78 is 39.9. The van der Waals surface area contributed by atoms with Gasteiger partial charge in [0.25, 0.3) is 5.91 Å². The molecule has 0 fully saturated rings. The first-order chi connectivity index (χ1) is 16.0. The van der Waals surface area contributed by atoms with Crippen LogP contribution >= 0.6 is 11.3 Å². The third kappa shape index (κ3) is 4.10. The van der Waals surface area contributed by atoms with Gasteiger partial charge in [0.2, 0.25) is 0 Å². The molecule has 166 valence electrons. The summed E-state index contributed by atoms with van der Waals surface area (Å²) in [5.41, 5.74) is 3.28. The van der Waals surface area contributed by atoms with E-state index < -0.39 is 11.7 Å². The molecule has 0 aliphatic rings. The normalized spacial score (nSPS) is 11.1. The Kier molecular flexibility index (Phi) is 5.39. The van der Waals surface area contributed by atoms with Gasteiger partial charge in [0.05, 0.1) is 24.6 Å². The van der Waals surface area contributed by atoms with E-state index in [1.165, 1.54) is 55.0 Å². The number of amides is 1. The number of halogens is 2. The van der Waals surface area contributed by atoms with E-state index in [9.17, 15) is 13.6 Å². The Morgan fingerprint density at radius 3 is 2.82 bits per heavy atom. The van der Waals surface area contributed by atoms with E-state index >= 15 is 0 Å². The Labute approximate surface area is 191 Å². The quantitative estimate of drug-likeness (QED) is 0.337. The minimum absolute atomic E-state index is 0.285. The zero-order valence-electron chi connectivity index (χ0n) is 17.3. The van der Waals surface area contributed by atoms with Gasteiger partial charge in [0.1, 0.15) is 23.1 Å². The zero-order chi connectivity index (χ0) is 22.9. The van der Waals surface area contributed by atoms with Gasteiger partial charge in [-0.1, -0.05) is 12.1 Å². The highest BCUT2D eigenvalue weighted by Crippen LogP contribution is 2.33. The number of hydrogen-bond donors (Lipinski definition) is 1. The molecule has 6 nitrogen and oxygen atoms in total. The Morgan fingerprint density at radius 1 is 1.15 bits per heavy atom. The van der Waals surface area contributed by atoms with Gasteiger partial charge >= 0.3 is 0 Å². The second-order valence-corrected chi connectivity index (χ2v) is 8.11. The molecule has 0 bridgehead atoms. The number of aromatic nitrogens is 2. The third-order valence-corrected chi connectivity index (χ3v) is 5.90. The average molecular weight is 465 g/mol. The summed E-state index contributed by atoms with van der Waals surface area (Å²) in [6.07, 6.45) is 1.54. The summed E-state index contributed by atoms with van der Waals surface area (Å²) in [5.74, 6) is -0.687. The highest BCUT2D eigenvalue weighted by Gasteiger charge is 2.20. The molecule has 1 amide bonds. The lowest BCUT2D eigenvalue weighted by atomic mass is 10.1. The molecule has 0 saturated heterocycles. The summed E-state index contributed by atoms with van der Waals surface area (Å²) in [7, 11) is 1.49. The van der Waals surface area contributed by atoms with Crippen molar-refractivity contribution in [3.63, 3.8) is 0 Å². The van der Waals surface area contributed by atoms with Crippen molar-refractivity contribution >= 4 is 33.5 Å². The van der Waals surface area contributed by atoms with Gasteiger partial charge < -0.3 is 13.7 Å². The Bertz CT molecular complexity index is 1470. The Morgan fingerprint density at radius 2 is 2.00 bits per heavy atom.